The fourth-order valence-electron chi connectivity index (χ4n) is 3.01. The van der Waals surface area contributed by atoms with Crippen molar-refractivity contribution < 1.29 is 8.42 Å². The van der Waals surface area contributed by atoms with Gasteiger partial charge in [-0.05, 0) is 31.9 Å². The third-order valence-corrected chi connectivity index (χ3v) is 4.61. The van der Waals surface area contributed by atoms with Crippen molar-refractivity contribution in [3.8, 4) is 0 Å². The highest BCUT2D eigenvalue weighted by atomic mass is 32.2. The molecule has 0 saturated carbocycles. The van der Waals surface area contributed by atoms with Crippen molar-refractivity contribution in [3.63, 3.8) is 0 Å². The number of fused-ring (bicyclic) bond motifs is 3. The van der Waals surface area contributed by atoms with E-state index in [2.05, 4.69) is 5.32 Å². The van der Waals surface area contributed by atoms with E-state index in [0.29, 0.717) is 5.52 Å². The minimum absolute atomic E-state index is 0.418. The average Bonchev–Trinajstić information content (AvgIpc) is 2.65. The number of aromatic nitrogens is 1. The van der Waals surface area contributed by atoms with Crippen molar-refractivity contribution in [3.05, 3.63) is 35.5 Å². The van der Waals surface area contributed by atoms with Gasteiger partial charge in [0.1, 0.15) is 0 Å². The second kappa shape index (κ2) is 3.82. The van der Waals surface area contributed by atoms with Crippen molar-refractivity contribution in [2.45, 2.75) is 25.8 Å². The summed E-state index contributed by atoms with van der Waals surface area (Å²) < 4.78 is 25.2. The lowest BCUT2D eigenvalue weighted by molar-refractivity contribution is 0.370. The Kier molecular flexibility index (Phi) is 2.54. The molecule has 0 amide bonds. The number of hydrogen-bond donors (Lipinski definition) is 2. The summed E-state index contributed by atoms with van der Waals surface area (Å²) in [5.41, 5.74) is 2.07. The summed E-state index contributed by atoms with van der Waals surface area (Å²) in [7, 11) is -3.82. The molecular weight excluding hydrogens is 262 g/mol. The van der Waals surface area contributed by atoms with Crippen LogP contribution in [0.2, 0.25) is 0 Å². The molecule has 5 nitrogen and oxygen atoms in total. The second-order valence-corrected chi connectivity index (χ2v) is 6.85. The van der Waals surface area contributed by atoms with Gasteiger partial charge in [-0.3, -0.25) is 0 Å². The van der Waals surface area contributed by atoms with Gasteiger partial charge in [0.25, 0.3) is 0 Å². The van der Waals surface area contributed by atoms with E-state index in [1.807, 2.05) is 32.0 Å². The summed E-state index contributed by atoms with van der Waals surface area (Å²) in [5, 5.41) is 9.74. The molecule has 6 heteroatoms. The van der Waals surface area contributed by atoms with Gasteiger partial charge in [0, 0.05) is 11.9 Å². The Morgan fingerprint density at radius 3 is 2.68 bits per heavy atom. The summed E-state index contributed by atoms with van der Waals surface area (Å²) >= 11 is 0. The molecule has 1 aromatic carbocycles. The standard InChI is InChI=1S/C13H17N3O2S/c1-13(2)12-10(7-8-15-13)9-5-3-4-6-11(9)16(12)19(14,17)18/h3-6,15H,7-8H2,1-2H3,(H2,14,17,18). The van der Waals surface area contributed by atoms with Crippen LogP contribution in [-0.2, 0) is 22.2 Å². The van der Waals surface area contributed by atoms with Crippen molar-refractivity contribution in [1.82, 2.24) is 9.29 Å². The van der Waals surface area contributed by atoms with Gasteiger partial charge in [-0.1, -0.05) is 18.2 Å². The molecule has 0 fully saturated rings. The Morgan fingerprint density at radius 1 is 1.32 bits per heavy atom. The van der Waals surface area contributed by atoms with Crippen molar-refractivity contribution in [2.24, 2.45) is 5.14 Å². The Morgan fingerprint density at radius 2 is 2.00 bits per heavy atom. The van der Waals surface area contributed by atoms with Crippen LogP contribution in [-0.4, -0.2) is 18.9 Å². The third-order valence-electron chi connectivity index (χ3n) is 3.73. The molecule has 19 heavy (non-hydrogen) atoms. The normalized spacial score (nSPS) is 18.5. The highest BCUT2D eigenvalue weighted by molar-refractivity contribution is 7.87. The van der Waals surface area contributed by atoms with Crippen LogP contribution < -0.4 is 10.5 Å². The van der Waals surface area contributed by atoms with E-state index in [4.69, 9.17) is 5.14 Å². The zero-order valence-corrected chi connectivity index (χ0v) is 11.8. The molecule has 2 aromatic rings. The number of nitrogens with zero attached hydrogens (tertiary/aromatic N) is 1. The van der Waals surface area contributed by atoms with Crippen molar-refractivity contribution in [2.75, 3.05) is 6.54 Å². The van der Waals surface area contributed by atoms with Crippen LogP contribution in [0.5, 0.6) is 0 Å². The van der Waals surface area contributed by atoms with E-state index in [9.17, 15) is 8.42 Å². The summed E-state index contributed by atoms with van der Waals surface area (Å²) in [5.74, 6) is 0. The average molecular weight is 279 g/mol. The minimum Gasteiger partial charge on any atom is -0.306 e. The van der Waals surface area contributed by atoms with Crippen LogP contribution in [0.4, 0.5) is 0 Å². The van der Waals surface area contributed by atoms with E-state index in [-0.39, 0.29) is 0 Å². The van der Waals surface area contributed by atoms with Crippen LogP contribution >= 0.6 is 0 Å². The first-order valence-electron chi connectivity index (χ1n) is 6.23. The van der Waals surface area contributed by atoms with Gasteiger partial charge in [-0.15, -0.1) is 0 Å². The first-order chi connectivity index (χ1) is 8.82. The fourth-order valence-corrected chi connectivity index (χ4v) is 4.03. The maximum absolute atomic E-state index is 12.0. The number of rotatable bonds is 1. The number of nitrogens with one attached hydrogen (secondary N) is 1. The summed E-state index contributed by atoms with van der Waals surface area (Å²) in [4.78, 5) is 0. The highest BCUT2D eigenvalue weighted by Gasteiger charge is 2.35. The highest BCUT2D eigenvalue weighted by Crippen LogP contribution is 2.36. The molecule has 3 rings (SSSR count). The Balaban J connectivity index is 2.54. The van der Waals surface area contributed by atoms with E-state index in [0.717, 1.165) is 29.6 Å². The zero-order valence-electron chi connectivity index (χ0n) is 11.0. The van der Waals surface area contributed by atoms with E-state index >= 15 is 0 Å². The lowest BCUT2D eigenvalue weighted by Gasteiger charge is -2.33. The number of hydrogen-bond acceptors (Lipinski definition) is 3. The number of nitrogens with two attached hydrogens (primary N) is 1. The van der Waals surface area contributed by atoms with E-state index in [1.165, 1.54) is 3.97 Å². The van der Waals surface area contributed by atoms with Crippen LogP contribution in [0.1, 0.15) is 25.1 Å². The van der Waals surface area contributed by atoms with Crippen LogP contribution in [0.3, 0.4) is 0 Å². The molecule has 1 aliphatic rings. The second-order valence-electron chi connectivity index (χ2n) is 5.46. The maximum atomic E-state index is 12.0. The SMILES string of the molecule is CC1(C)NCCc2c1n(S(N)(=O)=O)c1ccccc21. The topological polar surface area (TPSA) is 77.1 Å². The van der Waals surface area contributed by atoms with Crippen LogP contribution in [0.25, 0.3) is 10.9 Å². The third kappa shape index (κ3) is 1.79. The predicted molar refractivity (Wildman–Crippen MR) is 75.2 cm³/mol. The lowest BCUT2D eigenvalue weighted by atomic mass is 9.90. The van der Waals surface area contributed by atoms with E-state index < -0.39 is 15.7 Å². The molecule has 0 aliphatic carbocycles. The molecule has 3 N–H and O–H groups in total. The lowest BCUT2D eigenvalue weighted by Crippen LogP contribution is -2.45. The largest absolute Gasteiger partial charge is 0.306 e. The molecule has 102 valence electrons. The Labute approximate surface area is 112 Å². The molecule has 0 atom stereocenters. The minimum atomic E-state index is -3.82. The Bertz CT molecular complexity index is 760. The predicted octanol–water partition coefficient (Wildman–Crippen LogP) is 1.07. The van der Waals surface area contributed by atoms with Crippen molar-refractivity contribution >= 4 is 21.1 Å². The van der Waals surface area contributed by atoms with Crippen LogP contribution in [0, 0.1) is 0 Å². The molecule has 0 spiro atoms. The number of para-hydroxylation sites is 1. The smallest absolute Gasteiger partial charge is 0.303 e. The molecule has 1 aromatic heterocycles. The molecule has 0 saturated heterocycles. The fraction of sp³-hybridized carbons (Fsp3) is 0.385. The molecule has 0 bridgehead atoms. The molecule has 1 aliphatic heterocycles. The summed E-state index contributed by atoms with van der Waals surface area (Å²) in [6, 6.07) is 7.51. The zero-order chi connectivity index (χ0) is 13.8. The van der Waals surface area contributed by atoms with Gasteiger partial charge in [0.05, 0.1) is 16.7 Å². The van der Waals surface area contributed by atoms with E-state index in [1.54, 1.807) is 6.07 Å². The maximum Gasteiger partial charge on any atom is 0.303 e. The summed E-state index contributed by atoms with van der Waals surface area (Å²) in [6.07, 6.45) is 0.807. The van der Waals surface area contributed by atoms with Gasteiger partial charge in [0.2, 0.25) is 0 Å². The monoisotopic (exact) mass is 279 g/mol. The van der Waals surface area contributed by atoms with Gasteiger partial charge in [-0.2, -0.15) is 8.42 Å². The Hall–Kier alpha value is -1.37. The molecule has 2 heterocycles. The molecular formula is C13H17N3O2S. The van der Waals surface area contributed by atoms with Gasteiger partial charge in [-0.25, -0.2) is 9.11 Å². The van der Waals surface area contributed by atoms with Gasteiger partial charge in [0.15, 0.2) is 0 Å². The number of benzene rings is 1. The first-order valence-corrected chi connectivity index (χ1v) is 7.74. The van der Waals surface area contributed by atoms with Crippen molar-refractivity contribution in [1.29, 1.82) is 0 Å². The van der Waals surface area contributed by atoms with Crippen LogP contribution in [0.15, 0.2) is 24.3 Å². The van der Waals surface area contributed by atoms with Gasteiger partial charge >= 0.3 is 10.2 Å². The molecule has 0 radical (unpaired) electrons. The van der Waals surface area contributed by atoms with Gasteiger partial charge < -0.3 is 5.32 Å². The summed E-state index contributed by atoms with van der Waals surface area (Å²) in [6.45, 7) is 4.79. The quantitative estimate of drug-likeness (QED) is 0.820. The molecule has 0 unspecified atom stereocenters. The first kappa shape index (κ1) is 12.7.